The Morgan fingerprint density at radius 3 is 2.81 bits per heavy atom. The third kappa shape index (κ3) is 2.94. The lowest BCUT2D eigenvalue weighted by molar-refractivity contribution is 0.101. The molecule has 31 heavy (non-hydrogen) atoms. The first-order valence-corrected chi connectivity index (χ1v) is 9.09. The number of halogens is 2. The maximum atomic E-state index is 14.8. The Labute approximate surface area is 172 Å². The second kappa shape index (κ2) is 6.99. The molecule has 0 radical (unpaired) electrons. The van der Waals surface area contributed by atoms with E-state index in [1.807, 2.05) is 0 Å². The van der Waals surface area contributed by atoms with Crippen LogP contribution in [0, 0.1) is 11.6 Å². The first-order valence-electron chi connectivity index (χ1n) is 9.09. The van der Waals surface area contributed by atoms with Crippen molar-refractivity contribution in [2.75, 3.05) is 5.32 Å². The number of hydrogen-bond acceptors (Lipinski definition) is 6. The molecule has 3 heterocycles. The molecule has 0 bridgehead atoms. The zero-order chi connectivity index (χ0) is 21.7. The van der Waals surface area contributed by atoms with Crippen molar-refractivity contribution in [3.63, 3.8) is 0 Å². The highest BCUT2D eigenvalue weighted by Crippen LogP contribution is 2.30. The molecule has 0 fully saturated rings. The molecule has 0 unspecified atom stereocenters. The van der Waals surface area contributed by atoms with E-state index in [1.165, 1.54) is 28.2 Å². The summed E-state index contributed by atoms with van der Waals surface area (Å²) in [4.78, 5) is 16.8. The summed E-state index contributed by atoms with van der Waals surface area (Å²) < 4.78 is 37.0. The van der Waals surface area contributed by atoms with Crippen LogP contribution in [0.15, 0.2) is 47.5 Å². The van der Waals surface area contributed by atoms with Crippen molar-refractivity contribution in [1.29, 1.82) is 0 Å². The van der Waals surface area contributed by atoms with Gasteiger partial charge in [0.1, 0.15) is 41.6 Å². The summed E-state index contributed by atoms with van der Waals surface area (Å²) in [7, 11) is 1.55. The van der Waals surface area contributed by atoms with Crippen LogP contribution in [0.5, 0.6) is 0 Å². The standard InChI is InChI=1S/C20H14F2N6O3/c1-27-16-5-13(21)17(18(22)12(16)6-24-27)20(30)25-10-2-3-15-11(4-10)19(26-28(15)9-29)14-7-31-8-23-14/h2-8,29H,9H2,1H3,(H,25,30). The highest BCUT2D eigenvalue weighted by atomic mass is 19.1. The van der Waals surface area contributed by atoms with Gasteiger partial charge in [0.25, 0.3) is 5.91 Å². The topological polar surface area (TPSA) is 111 Å². The quantitative estimate of drug-likeness (QED) is 0.459. The Kier molecular flexibility index (Phi) is 4.26. The number of carbonyl (C=O) groups is 1. The molecule has 0 saturated heterocycles. The molecular formula is C20H14F2N6O3. The molecule has 11 heteroatoms. The Hall–Kier alpha value is -4.12. The highest BCUT2D eigenvalue weighted by molar-refractivity contribution is 6.08. The van der Waals surface area contributed by atoms with Crippen LogP contribution in [0.3, 0.4) is 0 Å². The molecule has 3 aromatic heterocycles. The number of rotatable bonds is 4. The fraction of sp³-hybridized carbons (Fsp3) is 0.100. The number of oxazole rings is 1. The third-order valence-electron chi connectivity index (χ3n) is 4.99. The number of carbonyl (C=O) groups excluding carboxylic acids is 1. The lowest BCUT2D eigenvalue weighted by Gasteiger charge is -2.09. The van der Waals surface area contributed by atoms with Crippen molar-refractivity contribution in [3.8, 4) is 11.4 Å². The first kappa shape index (κ1) is 18.9. The van der Waals surface area contributed by atoms with Crippen molar-refractivity contribution in [2.24, 2.45) is 7.05 Å². The van der Waals surface area contributed by atoms with Gasteiger partial charge in [-0.25, -0.2) is 18.4 Å². The van der Waals surface area contributed by atoms with E-state index in [2.05, 4.69) is 20.5 Å². The van der Waals surface area contributed by atoms with Crippen LogP contribution in [0.2, 0.25) is 0 Å². The van der Waals surface area contributed by atoms with Gasteiger partial charge in [0.15, 0.2) is 6.39 Å². The first-order chi connectivity index (χ1) is 15.0. The van der Waals surface area contributed by atoms with E-state index in [0.717, 1.165) is 6.07 Å². The van der Waals surface area contributed by atoms with Crippen molar-refractivity contribution in [3.05, 3.63) is 60.3 Å². The van der Waals surface area contributed by atoms with Crippen molar-refractivity contribution in [1.82, 2.24) is 24.5 Å². The molecular weight excluding hydrogens is 410 g/mol. The van der Waals surface area contributed by atoms with E-state index in [-0.39, 0.29) is 23.3 Å². The lowest BCUT2D eigenvalue weighted by atomic mass is 10.1. The van der Waals surface area contributed by atoms with Gasteiger partial charge in [-0.2, -0.15) is 10.2 Å². The van der Waals surface area contributed by atoms with Gasteiger partial charge < -0.3 is 14.8 Å². The van der Waals surface area contributed by atoms with Crippen LogP contribution in [0.1, 0.15) is 10.4 Å². The summed E-state index contributed by atoms with van der Waals surface area (Å²) in [5.74, 6) is -2.93. The SMILES string of the molecule is Cn1ncc2c(F)c(C(=O)Nc3ccc4c(c3)c(-c3cocn3)nn4CO)c(F)cc21. The smallest absolute Gasteiger partial charge is 0.261 e. The molecule has 0 aliphatic rings. The number of nitrogens with one attached hydrogen (secondary N) is 1. The van der Waals surface area contributed by atoms with Gasteiger partial charge in [-0.1, -0.05) is 0 Å². The Morgan fingerprint density at radius 2 is 2.06 bits per heavy atom. The van der Waals surface area contributed by atoms with Crippen LogP contribution in [0.25, 0.3) is 33.2 Å². The van der Waals surface area contributed by atoms with E-state index in [1.54, 1.807) is 25.2 Å². The summed E-state index contributed by atoms with van der Waals surface area (Å²) >= 11 is 0. The molecule has 0 atom stereocenters. The normalized spacial score (nSPS) is 11.5. The van der Waals surface area contributed by atoms with Crippen LogP contribution in [-0.4, -0.2) is 35.6 Å². The average Bonchev–Trinajstić information content (AvgIpc) is 3.47. The van der Waals surface area contributed by atoms with E-state index in [4.69, 9.17) is 4.42 Å². The number of aryl methyl sites for hydroxylation is 1. The number of anilines is 1. The molecule has 156 valence electrons. The predicted molar refractivity (Wildman–Crippen MR) is 106 cm³/mol. The van der Waals surface area contributed by atoms with Gasteiger partial charge in [-0.3, -0.25) is 9.48 Å². The van der Waals surface area contributed by atoms with E-state index < -0.39 is 23.1 Å². The molecule has 0 aliphatic heterocycles. The van der Waals surface area contributed by atoms with Gasteiger partial charge in [-0.05, 0) is 18.2 Å². The monoisotopic (exact) mass is 424 g/mol. The van der Waals surface area contributed by atoms with E-state index in [9.17, 15) is 18.7 Å². The number of aliphatic hydroxyl groups excluding tert-OH is 1. The van der Waals surface area contributed by atoms with Crippen LogP contribution in [-0.2, 0) is 13.8 Å². The fourth-order valence-corrected chi connectivity index (χ4v) is 3.50. The van der Waals surface area contributed by atoms with Gasteiger partial charge in [0.2, 0.25) is 0 Å². The minimum atomic E-state index is -0.997. The minimum absolute atomic E-state index is 0.0436. The van der Waals surface area contributed by atoms with Crippen molar-refractivity contribution < 1.29 is 23.1 Å². The number of hydrogen-bond donors (Lipinski definition) is 2. The summed E-state index contributed by atoms with van der Waals surface area (Å²) in [6.45, 7) is -0.373. The number of aliphatic hydroxyl groups is 1. The summed E-state index contributed by atoms with van der Waals surface area (Å²) in [6, 6.07) is 5.81. The van der Waals surface area contributed by atoms with Gasteiger partial charge in [-0.15, -0.1) is 0 Å². The average molecular weight is 424 g/mol. The van der Waals surface area contributed by atoms with Crippen molar-refractivity contribution in [2.45, 2.75) is 6.73 Å². The number of benzene rings is 2. The molecule has 2 aromatic carbocycles. The zero-order valence-electron chi connectivity index (χ0n) is 16.0. The number of fused-ring (bicyclic) bond motifs is 2. The maximum Gasteiger partial charge on any atom is 0.261 e. The molecule has 9 nitrogen and oxygen atoms in total. The molecule has 1 amide bonds. The van der Waals surface area contributed by atoms with Gasteiger partial charge in [0, 0.05) is 24.2 Å². The molecule has 2 N–H and O–H groups in total. The largest absolute Gasteiger partial charge is 0.451 e. The predicted octanol–water partition coefficient (Wildman–Crippen LogP) is 3.06. The maximum absolute atomic E-state index is 14.8. The van der Waals surface area contributed by atoms with Crippen LogP contribution < -0.4 is 5.32 Å². The Balaban J connectivity index is 1.56. The number of aromatic nitrogens is 5. The number of amides is 1. The van der Waals surface area contributed by atoms with E-state index >= 15 is 0 Å². The molecule has 5 aromatic rings. The van der Waals surface area contributed by atoms with Gasteiger partial charge in [0.05, 0.1) is 22.6 Å². The molecule has 0 saturated carbocycles. The summed E-state index contributed by atoms with van der Waals surface area (Å²) in [5.41, 5.74) is 1.24. The number of nitrogens with zero attached hydrogens (tertiary/aromatic N) is 5. The van der Waals surface area contributed by atoms with Gasteiger partial charge >= 0.3 is 0 Å². The third-order valence-corrected chi connectivity index (χ3v) is 4.99. The lowest BCUT2D eigenvalue weighted by Crippen LogP contribution is -2.16. The molecule has 5 rings (SSSR count). The van der Waals surface area contributed by atoms with Crippen molar-refractivity contribution >= 4 is 33.4 Å². The minimum Gasteiger partial charge on any atom is -0.451 e. The highest BCUT2D eigenvalue weighted by Gasteiger charge is 2.23. The molecule has 0 spiro atoms. The van der Waals surface area contributed by atoms with Crippen LogP contribution in [0.4, 0.5) is 14.5 Å². The second-order valence-corrected chi connectivity index (χ2v) is 6.80. The Morgan fingerprint density at radius 1 is 1.23 bits per heavy atom. The Bertz CT molecular complexity index is 1460. The summed E-state index contributed by atoms with van der Waals surface area (Å²) in [6.07, 6.45) is 3.87. The molecule has 0 aliphatic carbocycles. The van der Waals surface area contributed by atoms with E-state index in [0.29, 0.717) is 22.3 Å². The summed E-state index contributed by atoms with van der Waals surface area (Å²) in [5, 5.41) is 20.9. The zero-order valence-corrected chi connectivity index (χ0v) is 16.0. The fourth-order valence-electron chi connectivity index (χ4n) is 3.50. The van der Waals surface area contributed by atoms with Crippen LogP contribution >= 0.6 is 0 Å². The second-order valence-electron chi connectivity index (χ2n) is 6.80.